The first kappa shape index (κ1) is 19.7. The van der Waals surface area contributed by atoms with Crippen LogP contribution in [0.25, 0.3) is 16.7 Å². The Hall–Kier alpha value is -3.58. The molecule has 0 fully saturated rings. The van der Waals surface area contributed by atoms with Gasteiger partial charge in [-0.15, -0.1) is 0 Å². The van der Waals surface area contributed by atoms with Crippen molar-refractivity contribution < 1.29 is 9.53 Å². The molecule has 0 spiro atoms. The first-order valence-corrected chi connectivity index (χ1v) is 9.83. The Balaban J connectivity index is 1.44. The Kier molecular flexibility index (Phi) is 5.29. The van der Waals surface area contributed by atoms with Crippen molar-refractivity contribution in [2.75, 3.05) is 26.4 Å². The number of ether oxygens (including phenoxy) is 1. The van der Waals surface area contributed by atoms with Gasteiger partial charge in [-0.05, 0) is 34.0 Å². The maximum atomic E-state index is 12.7. The Labute approximate surface area is 180 Å². The normalized spacial score (nSPS) is 10.8. The van der Waals surface area contributed by atoms with Gasteiger partial charge in [0, 0.05) is 20.0 Å². The third-order valence-electron chi connectivity index (χ3n) is 4.56. The number of anilines is 1. The lowest BCUT2D eigenvalue weighted by atomic mass is 10.3. The lowest BCUT2D eigenvalue weighted by Crippen LogP contribution is -2.28. The Morgan fingerprint density at radius 2 is 2.23 bits per heavy atom. The van der Waals surface area contributed by atoms with E-state index in [0.717, 1.165) is 5.52 Å². The number of rotatable bonds is 4. The molecule has 0 aliphatic heterocycles. The fourth-order valence-corrected chi connectivity index (χ4v) is 3.22. The number of halogens is 1. The highest BCUT2D eigenvalue weighted by Gasteiger charge is 2.17. The smallest absolute Gasteiger partial charge is 0.289 e. The fourth-order valence-electron chi connectivity index (χ4n) is 2.95. The molecule has 0 unspecified atom stereocenters. The minimum Gasteiger partial charge on any atom is -0.494 e. The summed E-state index contributed by atoms with van der Waals surface area (Å²) in [7, 11) is 3.28. The van der Waals surface area contributed by atoms with Crippen LogP contribution < -0.4 is 10.5 Å². The topological polar surface area (TPSA) is 114 Å². The highest BCUT2D eigenvalue weighted by molar-refractivity contribution is 9.10. The number of methoxy groups -OCH3 is 1. The predicted octanol–water partition coefficient (Wildman–Crippen LogP) is 2.47. The van der Waals surface area contributed by atoms with Crippen molar-refractivity contribution in [3.05, 3.63) is 46.6 Å². The van der Waals surface area contributed by atoms with E-state index in [4.69, 9.17) is 10.5 Å². The molecular formula is C20H18BrN7O2. The maximum absolute atomic E-state index is 12.7. The van der Waals surface area contributed by atoms with Crippen molar-refractivity contribution in [3.8, 4) is 17.6 Å². The van der Waals surface area contributed by atoms with Crippen molar-refractivity contribution in [2.45, 2.75) is 6.42 Å². The van der Waals surface area contributed by atoms with Gasteiger partial charge < -0.3 is 20.4 Å². The van der Waals surface area contributed by atoms with Gasteiger partial charge in [0.1, 0.15) is 17.0 Å². The number of H-pyrrole nitrogens is 1. The first-order valence-electron chi connectivity index (χ1n) is 9.04. The van der Waals surface area contributed by atoms with Crippen LogP contribution in [0.2, 0.25) is 0 Å². The summed E-state index contributed by atoms with van der Waals surface area (Å²) < 4.78 is 7.56. The number of aromatic amines is 1. The van der Waals surface area contributed by atoms with E-state index in [-0.39, 0.29) is 11.7 Å². The van der Waals surface area contributed by atoms with E-state index in [9.17, 15) is 4.79 Å². The third-order valence-corrected chi connectivity index (χ3v) is 5.19. The largest absolute Gasteiger partial charge is 0.494 e. The maximum Gasteiger partial charge on any atom is 0.289 e. The van der Waals surface area contributed by atoms with Crippen molar-refractivity contribution in [3.63, 3.8) is 0 Å². The lowest BCUT2D eigenvalue weighted by molar-refractivity contribution is 0.0787. The number of hydrogen-bond donors (Lipinski definition) is 2. The van der Waals surface area contributed by atoms with Crippen LogP contribution in [-0.2, 0) is 0 Å². The van der Waals surface area contributed by atoms with E-state index in [1.54, 1.807) is 42.0 Å². The van der Waals surface area contributed by atoms with Gasteiger partial charge in [0.05, 0.1) is 35.2 Å². The summed E-state index contributed by atoms with van der Waals surface area (Å²) >= 11 is 3.33. The number of nitrogens with zero attached hydrogens (tertiary/aromatic N) is 5. The second kappa shape index (κ2) is 8.04. The van der Waals surface area contributed by atoms with E-state index in [1.807, 2.05) is 12.1 Å². The second-order valence-electron chi connectivity index (χ2n) is 6.51. The van der Waals surface area contributed by atoms with Gasteiger partial charge in [0.15, 0.2) is 11.5 Å². The van der Waals surface area contributed by atoms with Crippen molar-refractivity contribution >= 4 is 44.2 Å². The minimum absolute atomic E-state index is 0.218. The quantitative estimate of drug-likeness (QED) is 0.445. The standard InChI is InChI=1S/C20H18BrN7O2/c1-27(20(29)18-25-14-7-5-8-15(30-2)17(14)26-18)9-4-3-6-12-10-23-19-16(22)13(21)11-24-28(12)19/h5,7-8,10-11H,4,9,22H2,1-2H3,(H,25,26). The van der Waals surface area contributed by atoms with E-state index in [1.165, 1.54) is 0 Å². The summed E-state index contributed by atoms with van der Waals surface area (Å²) in [5.74, 6) is 6.73. The molecule has 3 N–H and O–H groups in total. The molecule has 0 saturated carbocycles. The zero-order valence-corrected chi connectivity index (χ0v) is 17.9. The molecule has 10 heteroatoms. The van der Waals surface area contributed by atoms with Crippen LogP contribution in [0.4, 0.5) is 5.69 Å². The van der Waals surface area contributed by atoms with Gasteiger partial charge in [-0.25, -0.2) is 14.5 Å². The summed E-state index contributed by atoms with van der Waals surface area (Å²) in [6, 6.07) is 5.49. The Morgan fingerprint density at radius 3 is 3.03 bits per heavy atom. The molecule has 30 heavy (non-hydrogen) atoms. The molecule has 1 amide bonds. The molecular weight excluding hydrogens is 450 g/mol. The summed E-state index contributed by atoms with van der Waals surface area (Å²) in [6.45, 7) is 0.442. The number of carbonyl (C=O) groups excluding carboxylic acids is 1. The minimum atomic E-state index is -0.218. The van der Waals surface area contributed by atoms with Gasteiger partial charge in [-0.1, -0.05) is 12.0 Å². The number of imidazole rings is 2. The zero-order valence-electron chi connectivity index (χ0n) is 16.3. The van der Waals surface area contributed by atoms with Gasteiger partial charge >= 0.3 is 0 Å². The van der Waals surface area contributed by atoms with E-state index in [2.05, 4.69) is 47.8 Å². The SMILES string of the molecule is COc1cccc2[nH]c(C(=O)N(C)CCC#Cc3cnc4c(N)c(Br)cnn34)nc12. The number of para-hydroxylation sites is 1. The number of nitrogens with one attached hydrogen (secondary N) is 1. The molecule has 0 radical (unpaired) electrons. The van der Waals surface area contributed by atoms with Crippen LogP contribution in [0.1, 0.15) is 22.7 Å². The molecule has 9 nitrogen and oxygen atoms in total. The third kappa shape index (κ3) is 3.55. The molecule has 0 bridgehead atoms. The molecule has 0 atom stereocenters. The average Bonchev–Trinajstić information content (AvgIpc) is 3.37. The lowest BCUT2D eigenvalue weighted by Gasteiger charge is -2.13. The van der Waals surface area contributed by atoms with E-state index >= 15 is 0 Å². The molecule has 4 rings (SSSR count). The summed E-state index contributed by atoms with van der Waals surface area (Å²) in [5, 5.41) is 4.26. The van der Waals surface area contributed by atoms with Crippen molar-refractivity contribution in [2.24, 2.45) is 0 Å². The van der Waals surface area contributed by atoms with Gasteiger partial charge in [0.2, 0.25) is 0 Å². The highest BCUT2D eigenvalue weighted by Crippen LogP contribution is 2.23. The van der Waals surface area contributed by atoms with E-state index < -0.39 is 0 Å². The molecule has 152 valence electrons. The van der Waals surface area contributed by atoms with Crippen LogP contribution in [0.3, 0.4) is 0 Å². The number of nitrogens with two attached hydrogens (primary N) is 1. The van der Waals surface area contributed by atoms with Crippen LogP contribution in [0, 0.1) is 11.8 Å². The first-order chi connectivity index (χ1) is 14.5. The molecule has 0 aliphatic rings. The van der Waals surface area contributed by atoms with Crippen LogP contribution >= 0.6 is 15.9 Å². The summed E-state index contributed by atoms with van der Waals surface area (Å²) in [4.78, 5) is 25.9. The molecule has 0 aliphatic carbocycles. The van der Waals surface area contributed by atoms with E-state index in [0.29, 0.717) is 45.7 Å². The predicted molar refractivity (Wildman–Crippen MR) is 116 cm³/mol. The number of fused-ring (bicyclic) bond motifs is 2. The van der Waals surface area contributed by atoms with Gasteiger partial charge in [-0.2, -0.15) is 5.10 Å². The highest BCUT2D eigenvalue weighted by atomic mass is 79.9. The zero-order chi connectivity index (χ0) is 21.3. The molecule has 4 aromatic rings. The van der Waals surface area contributed by atoms with Crippen molar-refractivity contribution in [1.82, 2.24) is 29.5 Å². The van der Waals surface area contributed by atoms with Crippen LogP contribution in [-0.4, -0.2) is 56.1 Å². The molecule has 3 heterocycles. The number of amides is 1. The fraction of sp³-hybridized carbons (Fsp3) is 0.200. The monoisotopic (exact) mass is 467 g/mol. The second-order valence-corrected chi connectivity index (χ2v) is 7.36. The van der Waals surface area contributed by atoms with Crippen LogP contribution in [0.15, 0.2) is 35.1 Å². The number of benzene rings is 1. The summed E-state index contributed by atoms with van der Waals surface area (Å²) in [5.41, 5.74) is 9.03. The number of hydrogen-bond acceptors (Lipinski definition) is 6. The van der Waals surface area contributed by atoms with Crippen molar-refractivity contribution in [1.29, 1.82) is 0 Å². The number of nitrogen functional groups attached to an aromatic ring is 1. The Bertz CT molecular complexity index is 1320. The average molecular weight is 468 g/mol. The Morgan fingerprint density at radius 1 is 1.40 bits per heavy atom. The molecule has 0 saturated heterocycles. The van der Waals surface area contributed by atoms with Gasteiger partial charge in [0.25, 0.3) is 5.91 Å². The molecule has 1 aromatic carbocycles. The van der Waals surface area contributed by atoms with Gasteiger partial charge in [-0.3, -0.25) is 4.79 Å². The van der Waals surface area contributed by atoms with Crippen LogP contribution in [0.5, 0.6) is 5.75 Å². The molecule has 3 aromatic heterocycles. The number of aromatic nitrogens is 5. The summed E-state index contributed by atoms with van der Waals surface area (Å²) in [6.07, 6.45) is 3.70. The number of carbonyl (C=O) groups is 1.